The Kier molecular flexibility index (Phi) is 5.30. The second kappa shape index (κ2) is 7.89. The second-order valence-corrected chi connectivity index (χ2v) is 7.84. The van der Waals surface area contributed by atoms with Crippen LogP contribution < -0.4 is 16.2 Å². The van der Waals surface area contributed by atoms with Crippen molar-refractivity contribution in [2.24, 2.45) is 5.92 Å². The van der Waals surface area contributed by atoms with E-state index in [1.165, 1.54) is 10.9 Å². The number of halogens is 1. The molecule has 1 saturated carbocycles. The van der Waals surface area contributed by atoms with E-state index in [0.717, 1.165) is 36.0 Å². The third kappa shape index (κ3) is 3.61. The van der Waals surface area contributed by atoms with Crippen molar-refractivity contribution in [3.8, 4) is 6.07 Å². The van der Waals surface area contributed by atoms with E-state index >= 15 is 0 Å². The van der Waals surface area contributed by atoms with Crippen LogP contribution in [0.2, 0.25) is 0 Å². The van der Waals surface area contributed by atoms with Gasteiger partial charge in [0, 0.05) is 30.0 Å². The molecule has 3 heterocycles. The van der Waals surface area contributed by atoms with Gasteiger partial charge < -0.3 is 5.32 Å². The number of carbonyl (C=O) groups excluding carboxylic acids is 1. The van der Waals surface area contributed by atoms with E-state index in [1.54, 1.807) is 12.4 Å². The minimum absolute atomic E-state index is 0.0250. The minimum atomic E-state index is -0.650. The number of hydrogen-bond acceptors (Lipinski definition) is 6. The van der Waals surface area contributed by atoms with Crippen molar-refractivity contribution in [1.82, 2.24) is 30.9 Å². The smallest absolute Gasteiger partial charge is 0.270 e. The summed E-state index contributed by atoms with van der Waals surface area (Å²) in [5, 5.41) is 16.3. The van der Waals surface area contributed by atoms with Crippen molar-refractivity contribution >= 4 is 5.91 Å². The van der Waals surface area contributed by atoms with Crippen LogP contribution in [0.25, 0.3) is 0 Å². The third-order valence-electron chi connectivity index (χ3n) is 6.20. The normalized spacial score (nSPS) is 26.0. The third-order valence-corrected chi connectivity index (χ3v) is 6.20. The molecule has 1 aliphatic heterocycles. The highest BCUT2D eigenvalue weighted by Gasteiger charge is 2.41. The summed E-state index contributed by atoms with van der Waals surface area (Å²) in [4.78, 5) is 17.0. The molecule has 2 aromatic rings. The van der Waals surface area contributed by atoms with Crippen LogP contribution in [0, 0.1) is 31.1 Å². The van der Waals surface area contributed by atoms with E-state index in [0.29, 0.717) is 17.3 Å². The van der Waals surface area contributed by atoms with Gasteiger partial charge in [0.25, 0.3) is 5.91 Å². The van der Waals surface area contributed by atoms with E-state index < -0.39 is 6.80 Å². The predicted octanol–water partition coefficient (Wildman–Crippen LogP) is 1.81. The summed E-state index contributed by atoms with van der Waals surface area (Å²) in [7, 11) is 0. The summed E-state index contributed by atoms with van der Waals surface area (Å²) < 4.78 is 14.1. The molecule has 4 rings (SSSR count). The number of aromatic nitrogens is 3. The maximum atomic E-state index is 12.8. The Morgan fingerprint density at radius 2 is 2.17 bits per heavy atom. The number of rotatable bonds is 4. The number of alkyl halides is 1. The first-order valence-corrected chi connectivity index (χ1v) is 9.78. The Morgan fingerprint density at radius 3 is 2.90 bits per heavy atom. The van der Waals surface area contributed by atoms with E-state index in [9.17, 15) is 9.18 Å². The van der Waals surface area contributed by atoms with Gasteiger partial charge in [-0.3, -0.25) is 10.2 Å². The van der Waals surface area contributed by atoms with E-state index in [2.05, 4.69) is 32.3 Å². The molecule has 2 aromatic heterocycles. The fourth-order valence-corrected chi connectivity index (χ4v) is 4.42. The first-order valence-electron chi connectivity index (χ1n) is 9.78. The topological polar surface area (TPSA) is 108 Å². The lowest BCUT2D eigenvalue weighted by Gasteiger charge is -2.33. The number of pyridine rings is 1. The van der Waals surface area contributed by atoms with E-state index in [1.807, 2.05) is 13.8 Å². The molecule has 4 atom stereocenters. The number of nitrogens with one attached hydrogen (secondary N) is 3. The van der Waals surface area contributed by atoms with Gasteiger partial charge in [0.15, 0.2) is 6.80 Å². The van der Waals surface area contributed by atoms with E-state index in [4.69, 9.17) is 5.26 Å². The maximum absolute atomic E-state index is 12.8. The Bertz CT molecular complexity index is 966. The molecule has 4 unspecified atom stereocenters. The largest absolute Gasteiger partial charge is 0.348 e. The zero-order valence-electron chi connectivity index (χ0n) is 16.4. The van der Waals surface area contributed by atoms with Gasteiger partial charge >= 0.3 is 0 Å². The van der Waals surface area contributed by atoms with Gasteiger partial charge in [-0.1, -0.05) is 0 Å². The van der Waals surface area contributed by atoms with Crippen LogP contribution in [0.5, 0.6) is 0 Å². The highest BCUT2D eigenvalue weighted by molar-refractivity contribution is 5.94. The predicted molar refractivity (Wildman–Crippen MR) is 103 cm³/mol. The molecule has 1 aliphatic carbocycles. The highest BCUT2D eigenvalue weighted by atomic mass is 19.1. The molecule has 0 bridgehead atoms. The van der Waals surface area contributed by atoms with Crippen LogP contribution >= 0.6 is 0 Å². The molecule has 2 fully saturated rings. The Morgan fingerprint density at radius 1 is 1.34 bits per heavy atom. The molecule has 9 heteroatoms. The van der Waals surface area contributed by atoms with Gasteiger partial charge in [0.1, 0.15) is 11.8 Å². The summed E-state index contributed by atoms with van der Waals surface area (Å²) in [6.07, 6.45) is 7.46. The molecular weight excluding hydrogens is 373 g/mol. The van der Waals surface area contributed by atoms with Gasteiger partial charge in [-0.15, -0.1) is 0 Å². The molecule has 0 aromatic carbocycles. The number of hydrogen-bond donors (Lipinski definition) is 3. The average Bonchev–Trinajstić information content (AvgIpc) is 3.36. The molecule has 3 N–H and O–H groups in total. The van der Waals surface area contributed by atoms with Crippen molar-refractivity contribution in [2.75, 3.05) is 0 Å². The molecule has 2 aliphatic rings. The van der Waals surface area contributed by atoms with Crippen molar-refractivity contribution < 1.29 is 9.18 Å². The monoisotopic (exact) mass is 397 g/mol. The van der Waals surface area contributed by atoms with Gasteiger partial charge in [0.05, 0.1) is 17.8 Å². The van der Waals surface area contributed by atoms with Gasteiger partial charge in [-0.2, -0.15) is 10.4 Å². The van der Waals surface area contributed by atoms with Crippen LogP contribution in [0.1, 0.15) is 58.0 Å². The van der Waals surface area contributed by atoms with Gasteiger partial charge in [-0.05, 0) is 50.2 Å². The summed E-state index contributed by atoms with van der Waals surface area (Å²) in [6, 6.07) is 2.46. The molecule has 0 spiro atoms. The molecule has 8 nitrogen and oxygen atoms in total. The Labute approximate surface area is 168 Å². The summed E-state index contributed by atoms with van der Waals surface area (Å²) >= 11 is 0. The number of amides is 1. The average molecular weight is 397 g/mol. The maximum Gasteiger partial charge on any atom is 0.270 e. The number of nitriles is 1. The van der Waals surface area contributed by atoms with Crippen LogP contribution in [0.15, 0.2) is 18.6 Å². The van der Waals surface area contributed by atoms with Crippen LogP contribution in [0.4, 0.5) is 4.39 Å². The Balaban J connectivity index is 1.46. The quantitative estimate of drug-likeness (QED) is 0.726. The lowest BCUT2D eigenvalue weighted by atomic mass is 9.77. The van der Waals surface area contributed by atoms with Crippen molar-refractivity contribution in [3.05, 3.63) is 46.5 Å². The summed E-state index contributed by atoms with van der Waals surface area (Å²) in [5.74, 6) is 0.0577. The fourth-order valence-electron chi connectivity index (χ4n) is 4.42. The lowest BCUT2D eigenvalue weighted by Crippen LogP contribution is -2.44. The van der Waals surface area contributed by atoms with Gasteiger partial charge in [0.2, 0.25) is 0 Å². The van der Waals surface area contributed by atoms with Crippen LogP contribution in [0.3, 0.4) is 0 Å². The summed E-state index contributed by atoms with van der Waals surface area (Å²) in [5.41, 5.74) is 9.95. The number of carbonyl (C=O) groups is 1. The van der Waals surface area contributed by atoms with Crippen molar-refractivity contribution in [3.63, 3.8) is 0 Å². The standard InChI is InChI=1S/C20H24FN7O/c1-11-12(2)18(23-7-13(11)6-22)20(29)25-15-3-4-17-16(5-15)19(27-26-17)14-8-24-28(9-14)10-21/h7-9,15-17,19,26-27H,3-5,10H2,1-2H3,(H,25,29). The van der Waals surface area contributed by atoms with E-state index in [-0.39, 0.29) is 23.9 Å². The minimum Gasteiger partial charge on any atom is -0.348 e. The molecular formula is C20H24FN7O. The zero-order valence-corrected chi connectivity index (χ0v) is 16.4. The molecule has 29 heavy (non-hydrogen) atoms. The molecule has 0 radical (unpaired) electrons. The molecule has 1 saturated heterocycles. The zero-order chi connectivity index (χ0) is 20.5. The second-order valence-electron chi connectivity index (χ2n) is 7.84. The molecule has 1 amide bonds. The molecule has 152 valence electrons. The van der Waals surface area contributed by atoms with Crippen molar-refractivity contribution in [2.45, 2.75) is 58.0 Å². The first kappa shape index (κ1) is 19.5. The number of fused-ring (bicyclic) bond motifs is 1. The van der Waals surface area contributed by atoms with Crippen molar-refractivity contribution in [1.29, 1.82) is 5.26 Å². The lowest BCUT2D eigenvalue weighted by molar-refractivity contribution is 0.0909. The number of nitrogens with zero attached hydrogens (tertiary/aromatic N) is 4. The first-order chi connectivity index (χ1) is 14.0. The fraction of sp³-hybridized carbons (Fsp3) is 0.500. The SMILES string of the molecule is Cc1c(C#N)cnc(C(=O)NC2CCC3NNC(c4cnn(CF)c4)C3C2)c1C. The Hall–Kier alpha value is -2.83. The highest BCUT2D eigenvalue weighted by Crippen LogP contribution is 2.38. The van der Waals surface area contributed by atoms with Gasteiger partial charge in [-0.25, -0.2) is 19.5 Å². The number of hydrazine groups is 1. The summed E-state index contributed by atoms with van der Waals surface area (Å²) in [6.45, 7) is 3.00. The van der Waals surface area contributed by atoms with Crippen LogP contribution in [-0.4, -0.2) is 32.8 Å². The van der Waals surface area contributed by atoms with Crippen LogP contribution in [-0.2, 0) is 6.80 Å².